The van der Waals surface area contributed by atoms with Crippen molar-refractivity contribution in [3.63, 3.8) is 0 Å². The fourth-order valence-electron chi connectivity index (χ4n) is 2.84. The van der Waals surface area contributed by atoms with Gasteiger partial charge in [-0.3, -0.25) is 4.79 Å². The minimum absolute atomic E-state index is 0.112. The summed E-state index contributed by atoms with van der Waals surface area (Å²) in [5.74, 6) is -0.933. The van der Waals surface area contributed by atoms with Crippen LogP contribution in [0.1, 0.15) is 28.9 Å². The summed E-state index contributed by atoms with van der Waals surface area (Å²) < 4.78 is 27.9. The van der Waals surface area contributed by atoms with E-state index >= 15 is 0 Å². The van der Waals surface area contributed by atoms with E-state index in [2.05, 4.69) is 4.98 Å². The second-order valence-electron chi connectivity index (χ2n) is 6.27. The summed E-state index contributed by atoms with van der Waals surface area (Å²) in [4.78, 5) is 18.9. The van der Waals surface area contributed by atoms with E-state index in [1.165, 1.54) is 23.5 Å². The van der Waals surface area contributed by atoms with E-state index in [0.29, 0.717) is 16.1 Å². The number of carbonyl (C=O) groups excluding carboxylic acids is 1. The average Bonchev–Trinajstić information content (AvgIpc) is 3.37. The van der Waals surface area contributed by atoms with Gasteiger partial charge in [0.25, 0.3) is 5.91 Å². The van der Waals surface area contributed by atoms with Crippen molar-refractivity contribution < 1.29 is 13.6 Å². The lowest BCUT2D eigenvalue weighted by Gasteiger charge is -2.21. The van der Waals surface area contributed by atoms with Crippen LogP contribution in [-0.4, -0.2) is 21.8 Å². The maximum atomic E-state index is 14.0. The first kappa shape index (κ1) is 16.8. The number of hydrogen-bond donors (Lipinski definition) is 0. The first-order chi connectivity index (χ1) is 12.6. The van der Waals surface area contributed by atoms with Crippen LogP contribution in [0.2, 0.25) is 0 Å². The van der Waals surface area contributed by atoms with Gasteiger partial charge >= 0.3 is 0 Å². The highest BCUT2D eigenvalue weighted by molar-refractivity contribution is 7.13. The molecule has 0 N–H and O–H groups in total. The molecule has 1 aromatic heterocycles. The largest absolute Gasteiger partial charge is 0.330 e. The van der Waals surface area contributed by atoms with Crippen LogP contribution < -0.4 is 0 Å². The summed E-state index contributed by atoms with van der Waals surface area (Å²) in [6, 6.07) is 12.9. The molecule has 3 aromatic rings. The van der Waals surface area contributed by atoms with E-state index < -0.39 is 0 Å². The molecule has 6 heteroatoms. The molecular weight excluding hydrogens is 354 g/mol. The number of benzene rings is 2. The number of nitrogens with zero attached hydrogens (tertiary/aromatic N) is 2. The molecule has 3 nitrogen and oxygen atoms in total. The predicted molar refractivity (Wildman–Crippen MR) is 96.8 cm³/mol. The number of hydrogen-bond acceptors (Lipinski definition) is 3. The lowest BCUT2D eigenvalue weighted by atomic mass is 10.2. The van der Waals surface area contributed by atoms with E-state index in [1.54, 1.807) is 46.7 Å². The van der Waals surface area contributed by atoms with Gasteiger partial charge in [0, 0.05) is 29.1 Å². The van der Waals surface area contributed by atoms with Gasteiger partial charge in [0.15, 0.2) is 0 Å². The second-order valence-corrected chi connectivity index (χ2v) is 7.13. The summed E-state index contributed by atoms with van der Waals surface area (Å²) in [5.41, 5.74) is 1.14. The quantitative estimate of drug-likeness (QED) is 0.640. The molecule has 26 heavy (non-hydrogen) atoms. The van der Waals surface area contributed by atoms with Gasteiger partial charge in [0.05, 0.1) is 0 Å². The van der Waals surface area contributed by atoms with Crippen LogP contribution in [0.15, 0.2) is 53.9 Å². The Bertz CT molecular complexity index is 952. The van der Waals surface area contributed by atoms with Crippen molar-refractivity contribution in [1.82, 2.24) is 9.88 Å². The van der Waals surface area contributed by atoms with Gasteiger partial charge in [-0.15, -0.1) is 11.3 Å². The smallest absolute Gasteiger partial charge is 0.273 e. The molecule has 0 aliphatic heterocycles. The molecule has 0 bridgehead atoms. The van der Waals surface area contributed by atoms with E-state index in [1.807, 2.05) is 0 Å². The van der Waals surface area contributed by atoms with Gasteiger partial charge < -0.3 is 4.90 Å². The van der Waals surface area contributed by atoms with Crippen molar-refractivity contribution >= 4 is 17.2 Å². The number of rotatable bonds is 5. The summed E-state index contributed by atoms with van der Waals surface area (Å²) in [6.45, 7) is 0.211. The lowest BCUT2D eigenvalue weighted by molar-refractivity contribution is 0.0723. The Morgan fingerprint density at radius 2 is 1.77 bits per heavy atom. The Labute approximate surface area is 153 Å². The van der Waals surface area contributed by atoms with E-state index in [4.69, 9.17) is 0 Å². The van der Waals surface area contributed by atoms with Crippen LogP contribution in [0.4, 0.5) is 8.78 Å². The Morgan fingerprint density at radius 1 is 1.08 bits per heavy atom. The molecule has 1 heterocycles. The van der Waals surface area contributed by atoms with Crippen molar-refractivity contribution in [3.8, 4) is 10.6 Å². The van der Waals surface area contributed by atoms with Crippen LogP contribution in [0.25, 0.3) is 10.6 Å². The first-order valence-corrected chi connectivity index (χ1v) is 9.26. The molecule has 0 unspecified atom stereocenters. The Morgan fingerprint density at radius 3 is 2.46 bits per heavy atom. The molecule has 1 aliphatic carbocycles. The average molecular weight is 370 g/mol. The summed E-state index contributed by atoms with van der Waals surface area (Å²) in [6.07, 6.45) is 1.81. The zero-order valence-electron chi connectivity index (χ0n) is 13.9. The first-order valence-electron chi connectivity index (χ1n) is 8.38. The zero-order valence-corrected chi connectivity index (χ0v) is 14.7. The summed E-state index contributed by atoms with van der Waals surface area (Å²) in [7, 11) is 0. The Kier molecular flexibility index (Phi) is 4.51. The van der Waals surface area contributed by atoms with Gasteiger partial charge in [-0.25, -0.2) is 13.8 Å². The molecule has 0 saturated heterocycles. The van der Waals surface area contributed by atoms with Crippen molar-refractivity contribution in [2.45, 2.75) is 25.4 Å². The molecule has 4 rings (SSSR count). The molecular formula is C20H16F2N2OS. The number of thiazole rings is 1. The van der Waals surface area contributed by atoms with E-state index in [-0.39, 0.29) is 35.8 Å². The fourth-order valence-corrected chi connectivity index (χ4v) is 3.66. The van der Waals surface area contributed by atoms with Crippen LogP contribution in [0.5, 0.6) is 0 Å². The summed E-state index contributed by atoms with van der Waals surface area (Å²) in [5, 5.41) is 2.11. The van der Waals surface area contributed by atoms with E-state index in [9.17, 15) is 13.6 Å². The van der Waals surface area contributed by atoms with Crippen molar-refractivity contribution in [2.24, 2.45) is 0 Å². The van der Waals surface area contributed by atoms with Gasteiger partial charge in [-0.2, -0.15) is 0 Å². The highest BCUT2D eigenvalue weighted by Crippen LogP contribution is 2.32. The van der Waals surface area contributed by atoms with Crippen molar-refractivity contribution in [3.05, 3.63) is 76.8 Å². The van der Waals surface area contributed by atoms with Crippen molar-refractivity contribution in [1.29, 1.82) is 0 Å². The molecule has 1 fully saturated rings. The number of halogens is 2. The van der Waals surface area contributed by atoms with Crippen LogP contribution in [0, 0.1) is 11.6 Å². The predicted octanol–water partition coefficient (Wildman–Crippen LogP) is 4.89. The minimum Gasteiger partial charge on any atom is -0.330 e. The standard InChI is InChI=1S/C20H16F2N2OS/c21-16-7-3-1-5-13(16)11-24(14-9-10-14)20(25)18-12-26-19(23-18)15-6-2-4-8-17(15)22/h1-8,12,14H,9-11H2. The third-order valence-corrected chi connectivity index (χ3v) is 5.25. The van der Waals surface area contributed by atoms with Crippen LogP contribution in [-0.2, 0) is 6.54 Å². The maximum Gasteiger partial charge on any atom is 0.273 e. The number of aromatic nitrogens is 1. The molecule has 1 amide bonds. The van der Waals surface area contributed by atoms with Gasteiger partial charge in [-0.1, -0.05) is 30.3 Å². The fraction of sp³-hybridized carbons (Fsp3) is 0.200. The highest BCUT2D eigenvalue weighted by Gasteiger charge is 2.34. The maximum absolute atomic E-state index is 14.0. The monoisotopic (exact) mass is 370 g/mol. The molecule has 2 aromatic carbocycles. The lowest BCUT2D eigenvalue weighted by Crippen LogP contribution is -2.33. The number of carbonyl (C=O) groups is 1. The third-order valence-electron chi connectivity index (χ3n) is 4.37. The molecule has 0 radical (unpaired) electrons. The summed E-state index contributed by atoms with van der Waals surface area (Å²) >= 11 is 1.23. The van der Waals surface area contributed by atoms with Crippen molar-refractivity contribution in [2.75, 3.05) is 0 Å². The normalized spacial score (nSPS) is 13.6. The molecule has 132 valence electrons. The minimum atomic E-state index is -0.369. The van der Waals surface area contributed by atoms with Gasteiger partial charge in [0.1, 0.15) is 22.3 Å². The zero-order chi connectivity index (χ0) is 18.1. The Hall–Kier alpha value is -2.60. The molecule has 0 atom stereocenters. The van der Waals surface area contributed by atoms with E-state index in [0.717, 1.165) is 12.8 Å². The topological polar surface area (TPSA) is 33.2 Å². The third kappa shape index (κ3) is 3.37. The molecule has 1 aliphatic rings. The molecule has 1 saturated carbocycles. The van der Waals surface area contributed by atoms with Gasteiger partial charge in [-0.05, 0) is 31.0 Å². The highest BCUT2D eigenvalue weighted by atomic mass is 32.1. The van der Waals surface area contributed by atoms with Crippen LogP contribution >= 0.6 is 11.3 Å². The SMILES string of the molecule is O=C(c1csc(-c2ccccc2F)n1)N(Cc1ccccc1F)C1CC1. The molecule has 0 spiro atoms. The van der Waals surface area contributed by atoms with Crippen LogP contribution in [0.3, 0.4) is 0 Å². The van der Waals surface area contributed by atoms with Gasteiger partial charge in [0.2, 0.25) is 0 Å². The second kappa shape index (κ2) is 6.96. The Balaban J connectivity index is 1.59. The number of amides is 1.